The molecule has 0 saturated heterocycles. The Morgan fingerprint density at radius 2 is 1.65 bits per heavy atom. The van der Waals surface area contributed by atoms with E-state index in [-0.39, 0.29) is 17.1 Å². The van der Waals surface area contributed by atoms with E-state index in [0.29, 0.717) is 11.6 Å². The lowest BCUT2D eigenvalue weighted by Gasteiger charge is -2.15. The summed E-state index contributed by atoms with van der Waals surface area (Å²) in [7, 11) is 2.66. The third kappa shape index (κ3) is 5.71. The molecule has 0 bridgehead atoms. The van der Waals surface area contributed by atoms with Gasteiger partial charge in [0.2, 0.25) is 0 Å². The van der Waals surface area contributed by atoms with Crippen LogP contribution in [0.2, 0.25) is 0 Å². The van der Waals surface area contributed by atoms with Gasteiger partial charge in [-0.3, -0.25) is 14.9 Å². The molecule has 2 rings (SSSR count). The van der Waals surface area contributed by atoms with E-state index < -0.39 is 28.6 Å². The van der Waals surface area contributed by atoms with Crippen LogP contribution in [0.5, 0.6) is 11.5 Å². The smallest absolute Gasteiger partial charge is 0.346 e. The molecule has 2 aromatic carbocycles. The SMILES string of the molecule is CC[C@@H](C)c1ccc(NC(=O)[C@@H](C)OC(=O)c2cc(OC)c(OC)cc2[N+](=O)[O-])cc1. The van der Waals surface area contributed by atoms with Crippen molar-refractivity contribution >= 4 is 23.3 Å². The molecule has 2 atom stereocenters. The van der Waals surface area contributed by atoms with Gasteiger partial charge in [-0.05, 0) is 37.0 Å². The van der Waals surface area contributed by atoms with Crippen molar-refractivity contribution in [2.24, 2.45) is 0 Å². The fourth-order valence-electron chi connectivity index (χ4n) is 2.83. The molecule has 1 amide bonds. The van der Waals surface area contributed by atoms with Crippen molar-refractivity contribution in [1.29, 1.82) is 0 Å². The molecule has 0 unspecified atom stereocenters. The number of hydrogen-bond acceptors (Lipinski definition) is 7. The van der Waals surface area contributed by atoms with Crippen molar-refractivity contribution in [2.75, 3.05) is 19.5 Å². The standard InChI is InChI=1S/C22H26N2O7/c1-6-13(2)15-7-9-16(10-8-15)23-21(25)14(3)31-22(26)17-11-19(29-4)20(30-5)12-18(17)24(27)28/h7-14H,6H2,1-5H3,(H,23,25)/t13-,14-/m1/s1. The maximum Gasteiger partial charge on any atom is 0.346 e. The van der Waals surface area contributed by atoms with E-state index in [1.807, 2.05) is 12.1 Å². The molecule has 0 aliphatic rings. The van der Waals surface area contributed by atoms with E-state index in [9.17, 15) is 19.7 Å². The summed E-state index contributed by atoms with van der Waals surface area (Å²) in [6.07, 6.45) is -0.185. The highest BCUT2D eigenvalue weighted by atomic mass is 16.6. The predicted octanol–water partition coefficient (Wildman–Crippen LogP) is 4.31. The molecule has 0 aliphatic carbocycles. The summed E-state index contributed by atoms with van der Waals surface area (Å²) in [6, 6.07) is 9.61. The number of methoxy groups -OCH3 is 2. The summed E-state index contributed by atoms with van der Waals surface area (Å²) in [4.78, 5) is 35.6. The van der Waals surface area contributed by atoms with Crippen LogP contribution in [0.4, 0.5) is 11.4 Å². The van der Waals surface area contributed by atoms with Crippen LogP contribution in [-0.4, -0.2) is 37.1 Å². The Balaban J connectivity index is 2.14. The molecule has 9 nitrogen and oxygen atoms in total. The van der Waals surface area contributed by atoms with Gasteiger partial charge in [0, 0.05) is 11.8 Å². The van der Waals surface area contributed by atoms with E-state index in [4.69, 9.17) is 14.2 Å². The molecule has 0 fully saturated rings. The zero-order valence-corrected chi connectivity index (χ0v) is 18.1. The normalized spacial score (nSPS) is 12.4. The van der Waals surface area contributed by atoms with Crippen LogP contribution in [0.15, 0.2) is 36.4 Å². The summed E-state index contributed by atoms with van der Waals surface area (Å²) < 4.78 is 15.3. The number of hydrogen-bond donors (Lipinski definition) is 1. The first-order valence-corrected chi connectivity index (χ1v) is 9.74. The molecule has 9 heteroatoms. The minimum absolute atomic E-state index is 0.0948. The fraction of sp³-hybridized carbons (Fsp3) is 0.364. The molecule has 0 saturated carbocycles. The van der Waals surface area contributed by atoms with Crippen LogP contribution >= 0.6 is 0 Å². The Labute approximate surface area is 180 Å². The number of anilines is 1. The van der Waals surface area contributed by atoms with Gasteiger partial charge in [-0.2, -0.15) is 0 Å². The highest BCUT2D eigenvalue weighted by Gasteiger charge is 2.28. The third-order valence-electron chi connectivity index (χ3n) is 4.93. The Morgan fingerprint density at radius 3 is 2.16 bits per heavy atom. The second kappa shape index (κ2) is 10.4. The molecule has 166 valence electrons. The number of benzene rings is 2. The van der Waals surface area contributed by atoms with Crippen LogP contribution in [0.1, 0.15) is 49.0 Å². The van der Waals surface area contributed by atoms with Crippen molar-refractivity contribution in [3.63, 3.8) is 0 Å². The van der Waals surface area contributed by atoms with E-state index in [2.05, 4.69) is 19.2 Å². The first-order chi connectivity index (χ1) is 14.7. The predicted molar refractivity (Wildman–Crippen MR) is 115 cm³/mol. The largest absolute Gasteiger partial charge is 0.493 e. The van der Waals surface area contributed by atoms with Crippen molar-refractivity contribution in [3.05, 3.63) is 57.6 Å². The molecule has 1 N–H and O–H groups in total. The quantitative estimate of drug-likeness (QED) is 0.358. The molecule has 0 spiro atoms. The third-order valence-corrected chi connectivity index (χ3v) is 4.93. The van der Waals surface area contributed by atoms with E-state index in [0.717, 1.165) is 24.1 Å². The number of nitro groups is 1. The molecule has 31 heavy (non-hydrogen) atoms. The lowest BCUT2D eigenvalue weighted by Crippen LogP contribution is -2.30. The first-order valence-electron chi connectivity index (χ1n) is 9.74. The minimum Gasteiger partial charge on any atom is -0.493 e. The topological polar surface area (TPSA) is 117 Å². The summed E-state index contributed by atoms with van der Waals surface area (Å²) in [5.74, 6) is -0.965. The van der Waals surface area contributed by atoms with Crippen molar-refractivity contribution in [2.45, 2.75) is 39.2 Å². The maximum absolute atomic E-state index is 12.6. The van der Waals surface area contributed by atoms with Gasteiger partial charge in [0.05, 0.1) is 25.2 Å². The molecule has 0 radical (unpaired) electrons. The van der Waals surface area contributed by atoms with Crippen LogP contribution in [0.25, 0.3) is 0 Å². The molecular weight excluding hydrogens is 404 g/mol. The van der Waals surface area contributed by atoms with Gasteiger partial charge in [0.1, 0.15) is 5.56 Å². The maximum atomic E-state index is 12.6. The lowest BCUT2D eigenvalue weighted by atomic mass is 9.99. The Morgan fingerprint density at radius 1 is 1.06 bits per heavy atom. The average Bonchev–Trinajstić information content (AvgIpc) is 2.77. The number of nitrogens with zero attached hydrogens (tertiary/aromatic N) is 1. The van der Waals surface area contributed by atoms with Crippen LogP contribution < -0.4 is 14.8 Å². The number of carbonyl (C=O) groups is 2. The summed E-state index contributed by atoms with van der Waals surface area (Å²) >= 11 is 0. The van der Waals surface area contributed by atoms with E-state index in [1.54, 1.807) is 12.1 Å². The van der Waals surface area contributed by atoms with E-state index in [1.165, 1.54) is 21.1 Å². The fourth-order valence-corrected chi connectivity index (χ4v) is 2.83. The molecule has 0 aliphatic heterocycles. The summed E-state index contributed by atoms with van der Waals surface area (Å²) in [5.41, 5.74) is 0.842. The van der Waals surface area contributed by atoms with Crippen LogP contribution in [0, 0.1) is 10.1 Å². The zero-order valence-electron chi connectivity index (χ0n) is 18.1. The number of nitrogens with one attached hydrogen (secondary N) is 1. The average molecular weight is 430 g/mol. The highest BCUT2D eigenvalue weighted by molar-refractivity contribution is 5.99. The van der Waals surface area contributed by atoms with E-state index >= 15 is 0 Å². The number of esters is 1. The summed E-state index contributed by atoms with van der Waals surface area (Å²) in [6.45, 7) is 5.59. The van der Waals surface area contributed by atoms with Gasteiger partial charge in [-0.25, -0.2) is 4.79 Å². The van der Waals surface area contributed by atoms with Gasteiger partial charge in [0.25, 0.3) is 11.6 Å². The highest BCUT2D eigenvalue weighted by Crippen LogP contribution is 2.35. The molecular formula is C22H26N2O7. The Hall–Kier alpha value is -3.62. The van der Waals surface area contributed by atoms with Gasteiger partial charge < -0.3 is 19.5 Å². The number of rotatable bonds is 9. The number of carbonyl (C=O) groups excluding carboxylic acids is 2. The second-order valence-corrected chi connectivity index (χ2v) is 6.95. The van der Waals surface area contributed by atoms with Gasteiger partial charge >= 0.3 is 5.97 Å². The number of nitro benzene ring substituents is 1. The van der Waals surface area contributed by atoms with Crippen LogP contribution in [-0.2, 0) is 9.53 Å². The monoisotopic (exact) mass is 430 g/mol. The van der Waals surface area contributed by atoms with Gasteiger partial charge in [-0.1, -0.05) is 26.0 Å². The molecule has 2 aromatic rings. The minimum atomic E-state index is -1.19. The number of amides is 1. The summed E-state index contributed by atoms with van der Waals surface area (Å²) in [5, 5.41) is 14.0. The van der Waals surface area contributed by atoms with Crippen LogP contribution in [0.3, 0.4) is 0 Å². The molecule has 0 heterocycles. The Kier molecular flexibility index (Phi) is 7.95. The Bertz CT molecular complexity index is 957. The number of ether oxygens (including phenoxy) is 3. The molecule has 0 aromatic heterocycles. The lowest BCUT2D eigenvalue weighted by molar-refractivity contribution is -0.385. The van der Waals surface area contributed by atoms with Gasteiger partial charge in [0.15, 0.2) is 17.6 Å². The van der Waals surface area contributed by atoms with Crippen molar-refractivity contribution in [1.82, 2.24) is 0 Å². The zero-order chi connectivity index (χ0) is 23.1. The second-order valence-electron chi connectivity index (χ2n) is 6.95. The van der Waals surface area contributed by atoms with Crippen molar-refractivity contribution in [3.8, 4) is 11.5 Å². The van der Waals surface area contributed by atoms with Crippen molar-refractivity contribution < 1.29 is 28.7 Å². The first kappa shape index (κ1) is 23.7. The van der Waals surface area contributed by atoms with Gasteiger partial charge in [-0.15, -0.1) is 0 Å².